The summed E-state index contributed by atoms with van der Waals surface area (Å²) in [6, 6.07) is 7.41. The summed E-state index contributed by atoms with van der Waals surface area (Å²) in [5.41, 5.74) is 12.8. The molecule has 4 N–H and O–H groups in total. The third-order valence-electron chi connectivity index (χ3n) is 5.23. The monoisotopic (exact) mass is 458 g/mol. The maximum absolute atomic E-state index is 13.9. The number of nitrogens with two attached hydrogens (primary N) is 2. The predicted molar refractivity (Wildman–Crippen MR) is 116 cm³/mol. The highest BCUT2D eigenvalue weighted by molar-refractivity contribution is 6.30. The Morgan fingerprint density at radius 2 is 2.06 bits per heavy atom. The van der Waals surface area contributed by atoms with Gasteiger partial charge in [-0.1, -0.05) is 11.6 Å². The fourth-order valence-electron chi connectivity index (χ4n) is 3.72. The molecule has 3 aromatic rings. The Morgan fingerprint density at radius 3 is 2.72 bits per heavy atom. The van der Waals surface area contributed by atoms with Gasteiger partial charge in [0, 0.05) is 24.8 Å². The van der Waals surface area contributed by atoms with Gasteiger partial charge in [-0.25, -0.2) is 14.1 Å². The first kappa shape index (κ1) is 21.6. The van der Waals surface area contributed by atoms with E-state index in [1.165, 1.54) is 6.20 Å². The van der Waals surface area contributed by atoms with Gasteiger partial charge in [0.15, 0.2) is 5.82 Å². The summed E-state index contributed by atoms with van der Waals surface area (Å²) in [5.74, 6) is -1.14. The zero-order chi connectivity index (χ0) is 22.8. The highest BCUT2D eigenvalue weighted by Gasteiger charge is 2.28. The SMILES string of the molecule is NC(=O)c1c(-c2ccc(Oc3ncc(Cl)cc3F)cc2)nn([C@@H]2CCCN(C=O)C2)c1N. The van der Waals surface area contributed by atoms with E-state index in [1.54, 1.807) is 33.8 Å². The third kappa shape index (κ3) is 4.22. The molecule has 4 rings (SSSR count). The Kier molecular flexibility index (Phi) is 5.95. The molecule has 3 heterocycles. The molecule has 0 radical (unpaired) electrons. The van der Waals surface area contributed by atoms with E-state index in [4.69, 9.17) is 27.8 Å². The molecule has 0 unspecified atom stereocenters. The lowest BCUT2D eigenvalue weighted by atomic mass is 10.1. The van der Waals surface area contributed by atoms with E-state index in [9.17, 15) is 14.0 Å². The van der Waals surface area contributed by atoms with Crippen molar-refractivity contribution in [1.82, 2.24) is 19.7 Å². The van der Waals surface area contributed by atoms with Gasteiger partial charge < -0.3 is 21.1 Å². The summed E-state index contributed by atoms with van der Waals surface area (Å²) in [5, 5.41) is 4.71. The number of pyridine rings is 1. The van der Waals surface area contributed by atoms with Gasteiger partial charge in [0.1, 0.15) is 22.8 Å². The second-order valence-corrected chi connectivity index (χ2v) is 7.82. The minimum absolute atomic E-state index is 0.104. The van der Waals surface area contributed by atoms with E-state index in [1.807, 2.05) is 0 Å². The summed E-state index contributed by atoms with van der Waals surface area (Å²) in [6.45, 7) is 1.11. The lowest BCUT2D eigenvalue weighted by Crippen LogP contribution is -2.36. The molecule has 11 heteroatoms. The maximum Gasteiger partial charge on any atom is 0.255 e. The Balaban J connectivity index is 1.64. The minimum atomic E-state index is -0.709. The van der Waals surface area contributed by atoms with Gasteiger partial charge >= 0.3 is 0 Å². The van der Waals surface area contributed by atoms with Gasteiger partial charge in [-0.05, 0) is 43.2 Å². The van der Waals surface area contributed by atoms with Crippen molar-refractivity contribution in [3.63, 3.8) is 0 Å². The standard InChI is InChI=1S/C21H20ClFN6O3/c22-13-8-16(23)21(26-9-13)32-15-5-3-12(4-6-15)18-17(20(25)31)19(24)29(27-18)14-2-1-7-28(10-14)11-30/h3-6,8-9,11,14H,1-2,7,10,24H2,(H2,25,31)/t14-/m1/s1. The summed E-state index contributed by atoms with van der Waals surface area (Å²) in [4.78, 5) is 28.8. The van der Waals surface area contributed by atoms with Crippen LogP contribution in [0, 0.1) is 5.82 Å². The molecule has 0 saturated carbocycles. The minimum Gasteiger partial charge on any atom is -0.436 e. The van der Waals surface area contributed by atoms with Gasteiger partial charge in [0.25, 0.3) is 11.8 Å². The summed E-state index contributed by atoms with van der Waals surface area (Å²) in [6.07, 6.45) is 3.63. The molecule has 166 valence electrons. The van der Waals surface area contributed by atoms with Crippen molar-refractivity contribution < 1.29 is 18.7 Å². The number of rotatable bonds is 6. The van der Waals surface area contributed by atoms with Gasteiger partial charge in [-0.2, -0.15) is 5.10 Å². The molecule has 0 spiro atoms. The van der Waals surface area contributed by atoms with E-state index < -0.39 is 11.7 Å². The molecular weight excluding hydrogens is 439 g/mol. The molecule has 0 aliphatic carbocycles. The number of carbonyl (C=O) groups is 2. The number of halogens is 2. The molecule has 1 fully saturated rings. The van der Waals surface area contributed by atoms with Crippen molar-refractivity contribution in [3.8, 4) is 22.9 Å². The lowest BCUT2D eigenvalue weighted by Gasteiger charge is -2.30. The number of amides is 2. The van der Waals surface area contributed by atoms with Crippen LogP contribution in [0.15, 0.2) is 36.5 Å². The van der Waals surface area contributed by atoms with Crippen LogP contribution in [0.5, 0.6) is 11.6 Å². The summed E-state index contributed by atoms with van der Waals surface area (Å²) in [7, 11) is 0. The number of nitrogens with zero attached hydrogens (tertiary/aromatic N) is 4. The zero-order valence-electron chi connectivity index (χ0n) is 16.9. The molecule has 0 bridgehead atoms. The maximum atomic E-state index is 13.9. The number of aromatic nitrogens is 3. The number of carbonyl (C=O) groups excluding carboxylic acids is 2. The van der Waals surface area contributed by atoms with Crippen LogP contribution in [0.4, 0.5) is 10.2 Å². The number of hydrogen-bond acceptors (Lipinski definition) is 6. The Morgan fingerprint density at radius 1 is 1.31 bits per heavy atom. The normalized spacial score (nSPS) is 16.1. The Bertz CT molecular complexity index is 1170. The first-order chi connectivity index (χ1) is 15.4. The predicted octanol–water partition coefficient (Wildman–Crippen LogP) is 3.00. The largest absolute Gasteiger partial charge is 0.436 e. The van der Waals surface area contributed by atoms with Crippen LogP contribution < -0.4 is 16.2 Å². The molecule has 1 aliphatic heterocycles. The molecule has 1 atom stereocenters. The topological polar surface area (TPSA) is 129 Å². The van der Waals surface area contributed by atoms with Crippen molar-refractivity contribution in [1.29, 1.82) is 0 Å². The van der Waals surface area contributed by atoms with E-state index in [0.29, 0.717) is 30.1 Å². The fraction of sp³-hybridized carbons (Fsp3) is 0.238. The average Bonchev–Trinajstić information content (AvgIpc) is 3.13. The molecule has 1 aromatic carbocycles. The second kappa shape index (κ2) is 8.83. The summed E-state index contributed by atoms with van der Waals surface area (Å²) >= 11 is 5.70. The number of hydrogen-bond donors (Lipinski definition) is 2. The van der Waals surface area contributed by atoms with Crippen LogP contribution in [0.25, 0.3) is 11.3 Å². The summed E-state index contributed by atoms with van der Waals surface area (Å²) < 4.78 is 20.9. The number of benzene rings is 1. The highest BCUT2D eigenvalue weighted by Crippen LogP contribution is 2.33. The van der Waals surface area contributed by atoms with Crippen LogP contribution in [-0.4, -0.2) is 45.1 Å². The van der Waals surface area contributed by atoms with Crippen molar-refractivity contribution in [2.75, 3.05) is 18.8 Å². The average molecular weight is 459 g/mol. The molecule has 32 heavy (non-hydrogen) atoms. The van der Waals surface area contributed by atoms with Crippen molar-refractivity contribution in [2.45, 2.75) is 18.9 Å². The van der Waals surface area contributed by atoms with Crippen LogP contribution >= 0.6 is 11.6 Å². The van der Waals surface area contributed by atoms with E-state index in [2.05, 4.69) is 10.1 Å². The van der Waals surface area contributed by atoms with Crippen LogP contribution in [0.3, 0.4) is 0 Å². The lowest BCUT2D eigenvalue weighted by molar-refractivity contribution is -0.119. The van der Waals surface area contributed by atoms with Gasteiger partial charge in [-0.3, -0.25) is 9.59 Å². The zero-order valence-corrected chi connectivity index (χ0v) is 17.6. The number of ether oxygens (including phenoxy) is 1. The third-order valence-corrected chi connectivity index (χ3v) is 5.44. The van der Waals surface area contributed by atoms with E-state index in [0.717, 1.165) is 25.3 Å². The molecule has 2 aromatic heterocycles. The van der Waals surface area contributed by atoms with E-state index >= 15 is 0 Å². The molecule has 9 nitrogen and oxygen atoms in total. The number of likely N-dealkylation sites (tertiary alicyclic amines) is 1. The van der Waals surface area contributed by atoms with Gasteiger partial charge in [0.2, 0.25) is 6.41 Å². The Labute approximate surface area is 187 Å². The van der Waals surface area contributed by atoms with Crippen LogP contribution in [0.1, 0.15) is 29.2 Å². The number of primary amides is 1. The molecule has 1 saturated heterocycles. The van der Waals surface area contributed by atoms with E-state index in [-0.39, 0.29) is 28.3 Å². The van der Waals surface area contributed by atoms with Crippen molar-refractivity contribution in [2.24, 2.45) is 5.73 Å². The first-order valence-corrected chi connectivity index (χ1v) is 10.2. The number of nitrogen functional groups attached to an aromatic ring is 1. The molecule has 1 aliphatic rings. The number of piperidine rings is 1. The first-order valence-electron chi connectivity index (χ1n) is 9.84. The Hall–Kier alpha value is -3.66. The second-order valence-electron chi connectivity index (χ2n) is 7.38. The molecule has 2 amide bonds. The highest BCUT2D eigenvalue weighted by atomic mass is 35.5. The fourth-order valence-corrected chi connectivity index (χ4v) is 3.86. The van der Waals surface area contributed by atoms with Crippen molar-refractivity contribution in [3.05, 3.63) is 52.9 Å². The smallest absolute Gasteiger partial charge is 0.255 e. The van der Waals surface area contributed by atoms with Gasteiger partial charge in [0.05, 0.1) is 11.1 Å². The van der Waals surface area contributed by atoms with Crippen LogP contribution in [-0.2, 0) is 4.79 Å². The van der Waals surface area contributed by atoms with Crippen LogP contribution in [0.2, 0.25) is 5.02 Å². The number of anilines is 1. The van der Waals surface area contributed by atoms with Gasteiger partial charge in [-0.15, -0.1) is 0 Å². The quantitative estimate of drug-likeness (QED) is 0.546. The molecular formula is C21H20ClFN6O3. The van der Waals surface area contributed by atoms with Crippen molar-refractivity contribution >= 4 is 29.7 Å².